The fraction of sp³-hybridized carbons (Fsp3) is 0.600. The first-order valence-electron chi connectivity index (χ1n) is 6.45. The molecule has 1 aliphatic rings. The first kappa shape index (κ1) is 12.6. The molecule has 1 nitrogen and oxygen atoms in total. The van der Waals surface area contributed by atoms with Crippen LogP contribution in [0, 0.1) is 17.7 Å². The van der Waals surface area contributed by atoms with E-state index in [1.807, 2.05) is 0 Å². The van der Waals surface area contributed by atoms with E-state index in [0.717, 1.165) is 24.8 Å². The van der Waals surface area contributed by atoms with E-state index in [1.54, 1.807) is 12.1 Å². The van der Waals surface area contributed by atoms with Gasteiger partial charge in [0.05, 0.1) is 5.60 Å². The largest absolute Gasteiger partial charge is 0.390 e. The Morgan fingerprint density at radius 2 is 1.88 bits per heavy atom. The molecule has 0 spiro atoms. The van der Waals surface area contributed by atoms with Crippen molar-refractivity contribution in [2.75, 3.05) is 0 Å². The molecule has 2 rings (SSSR count). The molecule has 1 aromatic rings. The summed E-state index contributed by atoms with van der Waals surface area (Å²) in [5.74, 6) is 1.05. The maximum atomic E-state index is 12.8. The van der Waals surface area contributed by atoms with Crippen molar-refractivity contribution in [2.45, 2.75) is 45.1 Å². The quantitative estimate of drug-likeness (QED) is 0.832. The monoisotopic (exact) mass is 236 g/mol. The standard InChI is InChI=1S/C15H21FO/c1-11-7-8-15(17,9-12(11)2)10-13-3-5-14(16)6-4-13/h3-6,11-12,17H,7-10H2,1-2H3. The molecule has 2 heteroatoms. The second kappa shape index (κ2) is 4.77. The Hall–Kier alpha value is -0.890. The molecule has 1 saturated carbocycles. The molecule has 0 aromatic heterocycles. The van der Waals surface area contributed by atoms with E-state index in [1.165, 1.54) is 12.1 Å². The lowest BCUT2D eigenvalue weighted by atomic mass is 9.71. The zero-order chi connectivity index (χ0) is 12.5. The van der Waals surface area contributed by atoms with E-state index in [0.29, 0.717) is 18.3 Å². The van der Waals surface area contributed by atoms with Crippen molar-refractivity contribution < 1.29 is 9.50 Å². The fourth-order valence-electron chi connectivity index (χ4n) is 2.83. The lowest BCUT2D eigenvalue weighted by Gasteiger charge is -2.39. The molecule has 0 saturated heterocycles. The van der Waals surface area contributed by atoms with Gasteiger partial charge < -0.3 is 5.11 Å². The van der Waals surface area contributed by atoms with Gasteiger partial charge in [0.2, 0.25) is 0 Å². The predicted molar refractivity (Wildman–Crippen MR) is 67.2 cm³/mol. The van der Waals surface area contributed by atoms with Crippen LogP contribution in [0.25, 0.3) is 0 Å². The van der Waals surface area contributed by atoms with Crippen LogP contribution in [0.3, 0.4) is 0 Å². The number of benzene rings is 1. The Morgan fingerprint density at radius 3 is 2.47 bits per heavy atom. The number of hydrogen-bond acceptors (Lipinski definition) is 1. The molecule has 0 heterocycles. The average molecular weight is 236 g/mol. The third-order valence-corrected chi connectivity index (χ3v) is 4.18. The third-order valence-electron chi connectivity index (χ3n) is 4.18. The summed E-state index contributed by atoms with van der Waals surface area (Å²) in [4.78, 5) is 0. The van der Waals surface area contributed by atoms with Crippen LogP contribution in [0.4, 0.5) is 4.39 Å². The van der Waals surface area contributed by atoms with Crippen LogP contribution < -0.4 is 0 Å². The van der Waals surface area contributed by atoms with Gasteiger partial charge in [-0.2, -0.15) is 0 Å². The van der Waals surface area contributed by atoms with Gasteiger partial charge in [-0.05, 0) is 48.8 Å². The van der Waals surface area contributed by atoms with Crippen LogP contribution in [0.15, 0.2) is 24.3 Å². The topological polar surface area (TPSA) is 20.2 Å². The molecule has 1 aliphatic carbocycles. The smallest absolute Gasteiger partial charge is 0.123 e. The summed E-state index contributed by atoms with van der Waals surface area (Å²) >= 11 is 0. The highest BCUT2D eigenvalue weighted by Gasteiger charge is 2.35. The van der Waals surface area contributed by atoms with Gasteiger partial charge in [-0.25, -0.2) is 4.39 Å². The molecular formula is C15H21FO. The normalized spacial score (nSPS) is 33.6. The Kier molecular flexibility index (Phi) is 3.53. The summed E-state index contributed by atoms with van der Waals surface area (Å²) in [5.41, 5.74) is 0.430. The van der Waals surface area contributed by atoms with Gasteiger partial charge in [0.1, 0.15) is 5.82 Å². The zero-order valence-electron chi connectivity index (χ0n) is 10.6. The highest BCUT2D eigenvalue weighted by Crippen LogP contribution is 2.38. The van der Waals surface area contributed by atoms with Crippen LogP contribution in [0.1, 0.15) is 38.7 Å². The average Bonchev–Trinajstić information content (AvgIpc) is 2.28. The Morgan fingerprint density at radius 1 is 1.24 bits per heavy atom. The summed E-state index contributed by atoms with van der Waals surface area (Å²) in [6.45, 7) is 4.46. The number of rotatable bonds is 2. The van der Waals surface area contributed by atoms with E-state index < -0.39 is 5.60 Å². The fourth-order valence-corrected chi connectivity index (χ4v) is 2.83. The lowest BCUT2D eigenvalue weighted by molar-refractivity contribution is -0.0279. The minimum atomic E-state index is -0.593. The zero-order valence-corrected chi connectivity index (χ0v) is 10.6. The second-order valence-corrected chi connectivity index (χ2v) is 5.72. The van der Waals surface area contributed by atoms with E-state index in [-0.39, 0.29) is 5.82 Å². The van der Waals surface area contributed by atoms with Gasteiger partial charge in [0.25, 0.3) is 0 Å². The predicted octanol–water partition coefficient (Wildman–Crippen LogP) is 3.56. The maximum Gasteiger partial charge on any atom is 0.123 e. The minimum Gasteiger partial charge on any atom is -0.390 e. The van der Waals surface area contributed by atoms with Gasteiger partial charge in [-0.1, -0.05) is 26.0 Å². The summed E-state index contributed by atoms with van der Waals surface area (Å²) < 4.78 is 12.8. The van der Waals surface area contributed by atoms with Crippen LogP contribution in [0.2, 0.25) is 0 Å². The van der Waals surface area contributed by atoms with Crippen molar-refractivity contribution in [3.8, 4) is 0 Å². The molecule has 1 N–H and O–H groups in total. The molecule has 94 valence electrons. The van der Waals surface area contributed by atoms with Gasteiger partial charge >= 0.3 is 0 Å². The first-order valence-corrected chi connectivity index (χ1v) is 6.45. The molecule has 17 heavy (non-hydrogen) atoms. The Bertz CT molecular complexity index is 373. The molecule has 0 aliphatic heterocycles. The number of halogens is 1. The molecule has 3 unspecified atom stereocenters. The van der Waals surface area contributed by atoms with Gasteiger partial charge in [0.15, 0.2) is 0 Å². The minimum absolute atomic E-state index is 0.216. The summed E-state index contributed by atoms with van der Waals surface area (Å²) in [5, 5.41) is 10.6. The first-order chi connectivity index (χ1) is 7.98. The Labute approximate surface area is 103 Å². The Balaban J connectivity index is 2.05. The molecule has 0 radical (unpaired) electrons. The highest BCUT2D eigenvalue weighted by molar-refractivity contribution is 5.18. The van der Waals surface area contributed by atoms with Crippen molar-refractivity contribution in [1.29, 1.82) is 0 Å². The SMILES string of the molecule is CC1CCC(O)(Cc2ccc(F)cc2)CC1C. The highest BCUT2D eigenvalue weighted by atomic mass is 19.1. The van der Waals surface area contributed by atoms with Gasteiger partial charge in [-0.3, -0.25) is 0 Å². The molecule has 0 bridgehead atoms. The number of hydrogen-bond donors (Lipinski definition) is 1. The molecule has 0 amide bonds. The lowest BCUT2D eigenvalue weighted by Crippen LogP contribution is -2.39. The van der Waals surface area contributed by atoms with Crippen molar-refractivity contribution in [3.63, 3.8) is 0 Å². The van der Waals surface area contributed by atoms with Crippen molar-refractivity contribution in [1.82, 2.24) is 0 Å². The summed E-state index contributed by atoms with van der Waals surface area (Å²) in [6, 6.07) is 6.48. The maximum absolute atomic E-state index is 12.8. The second-order valence-electron chi connectivity index (χ2n) is 5.72. The molecular weight excluding hydrogens is 215 g/mol. The van der Waals surface area contributed by atoms with Crippen molar-refractivity contribution >= 4 is 0 Å². The van der Waals surface area contributed by atoms with Crippen molar-refractivity contribution in [2.24, 2.45) is 11.8 Å². The molecule has 1 fully saturated rings. The van der Waals surface area contributed by atoms with Crippen molar-refractivity contribution in [3.05, 3.63) is 35.6 Å². The van der Waals surface area contributed by atoms with Gasteiger partial charge in [0, 0.05) is 6.42 Å². The van der Waals surface area contributed by atoms with E-state index in [2.05, 4.69) is 13.8 Å². The summed E-state index contributed by atoms with van der Waals surface area (Å²) in [7, 11) is 0. The van der Waals surface area contributed by atoms with Gasteiger partial charge in [-0.15, -0.1) is 0 Å². The van der Waals surface area contributed by atoms with Crippen LogP contribution in [0.5, 0.6) is 0 Å². The molecule has 3 atom stereocenters. The third kappa shape index (κ3) is 3.06. The van der Waals surface area contributed by atoms with E-state index in [4.69, 9.17) is 0 Å². The van der Waals surface area contributed by atoms with E-state index >= 15 is 0 Å². The van der Waals surface area contributed by atoms with Crippen LogP contribution >= 0.6 is 0 Å². The summed E-state index contributed by atoms with van der Waals surface area (Å²) in [6.07, 6.45) is 3.44. The van der Waals surface area contributed by atoms with Crippen LogP contribution in [-0.4, -0.2) is 10.7 Å². The molecule has 1 aromatic carbocycles. The van der Waals surface area contributed by atoms with Crippen LogP contribution in [-0.2, 0) is 6.42 Å². The number of aliphatic hydroxyl groups is 1. The van der Waals surface area contributed by atoms with E-state index in [9.17, 15) is 9.50 Å².